The normalized spacial score (nSPS) is 18.1. The van der Waals surface area contributed by atoms with Gasteiger partial charge in [0, 0.05) is 37.3 Å². The molecule has 0 aliphatic carbocycles. The van der Waals surface area contributed by atoms with Crippen LogP contribution in [-0.4, -0.2) is 40.5 Å². The highest BCUT2D eigenvalue weighted by Gasteiger charge is 2.31. The third kappa shape index (κ3) is 6.57. The molecule has 6 heteroatoms. The fourth-order valence-electron chi connectivity index (χ4n) is 6.16. The summed E-state index contributed by atoms with van der Waals surface area (Å²) in [5.41, 5.74) is 7.65. The van der Waals surface area contributed by atoms with Gasteiger partial charge >= 0.3 is 0 Å². The van der Waals surface area contributed by atoms with Crippen molar-refractivity contribution >= 4 is 11.5 Å². The molecule has 226 valence electrons. The highest BCUT2D eigenvalue weighted by Crippen LogP contribution is 2.37. The third-order valence-electron chi connectivity index (χ3n) is 8.71. The quantitative estimate of drug-likeness (QED) is 0.225. The maximum absolute atomic E-state index is 14.2. The van der Waals surface area contributed by atoms with E-state index in [0.717, 1.165) is 52.8 Å². The van der Waals surface area contributed by atoms with Crippen LogP contribution in [0.1, 0.15) is 69.5 Å². The SMILES string of the molecule is C=C(C)c1cc(C(=O)N2Cc3ccc(C4CC(O)CCN4C)cc3C2)c(OCc2ccccc2)cc1OCc1ccccc1. The summed E-state index contributed by atoms with van der Waals surface area (Å²) in [5.74, 6) is 1.03. The van der Waals surface area contributed by atoms with Gasteiger partial charge in [-0.1, -0.05) is 85.4 Å². The predicted molar refractivity (Wildman–Crippen MR) is 173 cm³/mol. The summed E-state index contributed by atoms with van der Waals surface area (Å²) >= 11 is 0. The van der Waals surface area contributed by atoms with Crippen LogP contribution in [0.15, 0.2) is 97.6 Å². The van der Waals surface area contributed by atoms with Gasteiger partial charge in [-0.25, -0.2) is 0 Å². The topological polar surface area (TPSA) is 62.2 Å². The Morgan fingerprint density at radius 3 is 2.09 bits per heavy atom. The Bertz CT molecular complexity index is 1640. The molecule has 2 aliphatic heterocycles. The highest BCUT2D eigenvalue weighted by molar-refractivity contribution is 5.98. The van der Waals surface area contributed by atoms with Crippen LogP contribution in [0.25, 0.3) is 5.57 Å². The lowest BCUT2D eigenvalue weighted by molar-refractivity contribution is 0.0552. The number of aliphatic hydroxyl groups is 1. The lowest BCUT2D eigenvalue weighted by Gasteiger charge is -2.35. The van der Waals surface area contributed by atoms with E-state index < -0.39 is 0 Å². The minimum Gasteiger partial charge on any atom is -0.488 e. The van der Waals surface area contributed by atoms with Gasteiger partial charge in [0.15, 0.2) is 0 Å². The highest BCUT2D eigenvalue weighted by atomic mass is 16.5. The van der Waals surface area contributed by atoms with Crippen molar-refractivity contribution < 1.29 is 19.4 Å². The molecule has 2 aliphatic rings. The number of hydrogen-bond acceptors (Lipinski definition) is 5. The van der Waals surface area contributed by atoms with E-state index in [1.165, 1.54) is 5.56 Å². The van der Waals surface area contributed by atoms with E-state index in [4.69, 9.17) is 9.47 Å². The maximum Gasteiger partial charge on any atom is 0.258 e. The monoisotopic (exact) mass is 588 g/mol. The van der Waals surface area contributed by atoms with Crippen molar-refractivity contribution in [2.75, 3.05) is 13.6 Å². The molecule has 6 rings (SSSR count). The number of piperidine rings is 1. The van der Waals surface area contributed by atoms with Crippen molar-refractivity contribution in [3.05, 3.63) is 137 Å². The number of carbonyl (C=O) groups excluding carboxylic acids is 1. The number of amides is 1. The average Bonchev–Trinajstić information content (AvgIpc) is 3.48. The van der Waals surface area contributed by atoms with Crippen molar-refractivity contribution in [2.24, 2.45) is 0 Å². The number of hydrogen-bond donors (Lipinski definition) is 1. The predicted octanol–water partition coefficient (Wildman–Crippen LogP) is 7.16. The molecule has 0 aromatic heterocycles. The van der Waals surface area contributed by atoms with Crippen LogP contribution in [-0.2, 0) is 26.3 Å². The summed E-state index contributed by atoms with van der Waals surface area (Å²) in [6.45, 7) is 8.77. The van der Waals surface area contributed by atoms with E-state index in [2.05, 4.69) is 36.7 Å². The van der Waals surface area contributed by atoms with Gasteiger partial charge in [-0.15, -0.1) is 0 Å². The first-order valence-corrected chi connectivity index (χ1v) is 15.3. The standard InChI is InChI=1S/C38H40N2O4/c1-26(2)33-20-34(37(44-25-28-12-8-5-9-13-28)21-36(33)43-24-27-10-6-4-7-11-27)38(42)40-22-30-15-14-29(18-31(30)23-40)35-19-32(41)16-17-39(35)3/h4-15,18,20-21,32,35,41H,1,16-17,19,22-25H2,2-3H3. The van der Waals surface area contributed by atoms with Crippen molar-refractivity contribution in [2.45, 2.75) is 58.2 Å². The number of aliphatic hydroxyl groups excluding tert-OH is 1. The van der Waals surface area contributed by atoms with E-state index in [0.29, 0.717) is 43.4 Å². The van der Waals surface area contributed by atoms with Crippen LogP contribution in [0, 0.1) is 0 Å². The lowest BCUT2D eigenvalue weighted by Crippen LogP contribution is -2.36. The molecule has 6 nitrogen and oxygen atoms in total. The van der Waals surface area contributed by atoms with E-state index >= 15 is 0 Å². The molecule has 2 unspecified atom stereocenters. The van der Waals surface area contributed by atoms with Gasteiger partial charge in [0.1, 0.15) is 24.7 Å². The molecule has 44 heavy (non-hydrogen) atoms. The molecule has 1 saturated heterocycles. The Hall–Kier alpha value is -4.39. The summed E-state index contributed by atoms with van der Waals surface area (Å²) in [6.07, 6.45) is 1.25. The van der Waals surface area contributed by atoms with Crippen LogP contribution in [0.4, 0.5) is 0 Å². The number of allylic oxidation sites excluding steroid dienone is 1. The largest absolute Gasteiger partial charge is 0.488 e. The van der Waals surface area contributed by atoms with Crippen LogP contribution in [0.5, 0.6) is 11.5 Å². The maximum atomic E-state index is 14.2. The van der Waals surface area contributed by atoms with Gasteiger partial charge in [-0.2, -0.15) is 0 Å². The molecule has 1 amide bonds. The summed E-state index contributed by atoms with van der Waals surface area (Å²) in [6, 6.07) is 30.3. The molecule has 4 aromatic rings. The first-order chi connectivity index (χ1) is 21.4. The summed E-state index contributed by atoms with van der Waals surface area (Å²) in [4.78, 5) is 18.4. The molecule has 4 aromatic carbocycles. The molecule has 1 fully saturated rings. The van der Waals surface area contributed by atoms with Crippen molar-refractivity contribution in [1.29, 1.82) is 0 Å². The Balaban J connectivity index is 1.28. The summed E-state index contributed by atoms with van der Waals surface area (Å²) < 4.78 is 12.6. The number of ether oxygens (including phenoxy) is 2. The van der Waals surface area contributed by atoms with Gasteiger partial charge < -0.3 is 19.5 Å². The number of carbonyl (C=O) groups is 1. The van der Waals surface area contributed by atoms with Gasteiger partial charge in [0.2, 0.25) is 0 Å². The van der Waals surface area contributed by atoms with Gasteiger partial charge in [-0.3, -0.25) is 9.69 Å². The Morgan fingerprint density at radius 2 is 1.45 bits per heavy atom. The molecule has 0 radical (unpaired) electrons. The van der Waals surface area contributed by atoms with Crippen LogP contribution < -0.4 is 9.47 Å². The van der Waals surface area contributed by atoms with Gasteiger partial charge in [0.25, 0.3) is 5.91 Å². The molecule has 0 spiro atoms. The zero-order chi connectivity index (χ0) is 30.6. The Kier molecular flexibility index (Phi) is 8.82. The molecular weight excluding hydrogens is 548 g/mol. The van der Waals surface area contributed by atoms with Crippen LogP contribution >= 0.6 is 0 Å². The lowest BCUT2D eigenvalue weighted by atomic mass is 9.92. The number of benzene rings is 4. The smallest absolute Gasteiger partial charge is 0.258 e. The summed E-state index contributed by atoms with van der Waals surface area (Å²) in [7, 11) is 2.11. The minimum atomic E-state index is -0.279. The molecule has 1 N–H and O–H groups in total. The Labute approximate surface area is 260 Å². The van der Waals surface area contributed by atoms with Crippen molar-refractivity contribution in [3.63, 3.8) is 0 Å². The minimum absolute atomic E-state index is 0.0897. The van der Waals surface area contributed by atoms with Gasteiger partial charge in [-0.05, 0) is 66.3 Å². The molecule has 2 atom stereocenters. The fraction of sp³-hybridized carbons (Fsp3) is 0.289. The van der Waals surface area contributed by atoms with E-state index in [-0.39, 0.29) is 18.1 Å². The number of rotatable bonds is 9. The van der Waals surface area contributed by atoms with Gasteiger partial charge in [0.05, 0.1) is 11.7 Å². The second-order valence-electron chi connectivity index (χ2n) is 12.0. The summed E-state index contributed by atoms with van der Waals surface area (Å²) in [5, 5.41) is 10.3. The first kappa shape index (κ1) is 29.7. The number of likely N-dealkylation sites (tertiary alicyclic amines) is 1. The number of fused-ring (bicyclic) bond motifs is 1. The first-order valence-electron chi connectivity index (χ1n) is 15.3. The second kappa shape index (κ2) is 13.1. The molecule has 2 heterocycles. The molecule has 0 saturated carbocycles. The molecular formula is C38H40N2O4. The second-order valence-corrected chi connectivity index (χ2v) is 12.0. The number of nitrogens with zero attached hydrogens (tertiary/aromatic N) is 2. The zero-order valence-corrected chi connectivity index (χ0v) is 25.5. The fourth-order valence-corrected chi connectivity index (χ4v) is 6.16. The van der Waals surface area contributed by atoms with E-state index in [1.807, 2.05) is 84.6 Å². The Morgan fingerprint density at radius 1 is 0.841 bits per heavy atom. The van der Waals surface area contributed by atoms with E-state index in [1.54, 1.807) is 0 Å². The van der Waals surface area contributed by atoms with Crippen molar-refractivity contribution in [3.8, 4) is 11.5 Å². The zero-order valence-electron chi connectivity index (χ0n) is 25.5. The molecule has 0 bridgehead atoms. The van der Waals surface area contributed by atoms with E-state index in [9.17, 15) is 9.90 Å². The van der Waals surface area contributed by atoms with Crippen LogP contribution in [0.2, 0.25) is 0 Å². The average molecular weight is 589 g/mol. The van der Waals surface area contributed by atoms with Crippen LogP contribution in [0.3, 0.4) is 0 Å². The van der Waals surface area contributed by atoms with Crippen molar-refractivity contribution in [1.82, 2.24) is 9.80 Å². The third-order valence-corrected chi connectivity index (χ3v) is 8.71.